The number of fused-ring (bicyclic) bond motifs is 1. The Balaban J connectivity index is 2.22. The molecule has 0 atom stereocenters. The normalized spacial score (nSPS) is 11.3. The molecule has 0 aromatic carbocycles. The van der Waals surface area contributed by atoms with Gasteiger partial charge in [0, 0.05) is 20.2 Å². The van der Waals surface area contributed by atoms with Crippen LogP contribution in [0.3, 0.4) is 0 Å². The van der Waals surface area contributed by atoms with Crippen LogP contribution < -0.4 is 5.32 Å². The number of aromatic nitrogens is 4. The molecule has 2 aromatic rings. The van der Waals surface area contributed by atoms with Gasteiger partial charge in [-0.25, -0.2) is 4.98 Å². The quantitative estimate of drug-likeness (QED) is 0.792. The standard InChI is InChI=1S/C11H18N6O/c1-16(2)5-4-12-11-15-14-7-9-6-13-10(8-18-3)17(9)11/h6-7H,4-5,8H2,1-3H3,(H,12,15). The molecule has 2 heterocycles. The lowest BCUT2D eigenvalue weighted by atomic mass is 10.5. The predicted molar refractivity (Wildman–Crippen MR) is 68.5 cm³/mol. The van der Waals surface area contributed by atoms with Gasteiger partial charge in [-0.05, 0) is 14.1 Å². The van der Waals surface area contributed by atoms with Gasteiger partial charge in [0.2, 0.25) is 5.95 Å². The highest BCUT2D eigenvalue weighted by Crippen LogP contribution is 2.11. The maximum Gasteiger partial charge on any atom is 0.229 e. The highest BCUT2D eigenvalue weighted by atomic mass is 16.5. The van der Waals surface area contributed by atoms with Gasteiger partial charge in [-0.3, -0.25) is 4.40 Å². The van der Waals surface area contributed by atoms with Crippen molar-refractivity contribution in [2.75, 3.05) is 39.6 Å². The molecule has 0 aliphatic rings. The molecule has 18 heavy (non-hydrogen) atoms. The average Bonchev–Trinajstić information content (AvgIpc) is 2.74. The summed E-state index contributed by atoms with van der Waals surface area (Å²) < 4.78 is 7.05. The van der Waals surface area contributed by atoms with E-state index < -0.39 is 0 Å². The van der Waals surface area contributed by atoms with E-state index in [1.54, 1.807) is 19.5 Å². The molecule has 2 rings (SSSR count). The number of rotatable bonds is 6. The van der Waals surface area contributed by atoms with Crippen LogP contribution in [-0.4, -0.2) is 58.8 Å². The third kappa shape index (κ3) is 2.74. The van der Waals surface area contributed by atoms with Gasteiger partial charge in [0.05, 0.1) is 17.9 Å². The Morgan fingerprint density at radius 2 is 2.22 bits per heavy atom. The van der Waals surface area contributed by atoms with Crippen LogP contribution in [0.5, 0.6) is 0 Å². The Bertz CT molecular complexity index is 509. The van der Waals surface area contributed by atoms with Crippen molar-refractivity contribution >= 4 is 11.5 Å². The zero-order chi connectivity index (χ0) is 13.0. The fourth-order valence-electron chi connectivity index (χ4n) is 1.66. The first kappa shape index (κ1) is 12.7. The molecule has 0 bridgehead atoms. The van der Waals surface area contributed by atoms with Crippen molar-refractivity contribution in [1.29, 1.82) is 0 Å². The summed E-state index contributed by atoms with van der Waals surface area (Å²) in [6.45, 7) is 2.17. The second-order valence-electron chi connectivity index (χ2n) is 4.27. The molecule has 1 N–H and O–H groups in total. The Hall–Kier alpha value is -1.73. The van der Waals surface area contributed by atoms with Gasteiger partial charge in [-0.15, -0.1) is 5.10 Å². The van der Waals surface area contributed by atoms with E-state index in [0.29, 0.717) is 12.6 Å². The Morgan fingerprint density at radius 3 is 2.94 bits per heavy atom. The highest BCUT2D eigenvalue weighted by molar-refractivity contribution is 5.49. The number of hydrogen-bond donors (Lipinski definition) is 1. The molecular formula is C11H18N6O. The smallest absolute Gasteiger partial charge is 0.229 e. The first-order valence-corrected chi connectivity index (χ1v) is 5.78. The summed E-state index contributed by atoms with van der Waals surface area (Å²) in [6, 6.07) is 0. The van der Waals surface area contributed by atoms with Crippen molar-refractivity contribution < 1.29 is 4.74 Å². The molecule has 0 aliphatic carbocycles. The molecule has 0 aliphatic heterocycles. The third-order valence-corrected chi connectivity index (χ3v) is 2.53. The van der Waals surface area contributed by atoms with Gasteiger partial charge in [0.1, 0.15) is 12.4 Å². The fourth-order valence-corrected chi connectivity index (χ4v) is 1.66. The largest absolute Gasteiger partial charge is 0.377 e. The van der Waals surface area contributed by atoms with Crippen molar-refractivity contribution in [3.8, 4) is 0 Å². The lowest BCUT2D eigenvalue weighted by molar-refractivity contribution is 0.177. The number of likely N-dealkylation sites (N-methyl/N-ethyl adjacent to an activating group) is 1. The zero-order valence-corrected chi connectivity index (χ0v) is 10.9. The maximum atomic E-state index is 5.12. The average molecular weight is 250 g/mol. The van der Waals surface area contributed by atoms with E-state index in [1.807, 2.05) is 18.5 Å². The van der Waals surface area contributed by atoms with Crippen molar-refractivity contribution in [3.63, 3.8) is 0 Å². The fraction of sp³-hybridized carbons (Fsp3) is 0.545. The van der Waals surface area contributed by atoms with Crippen LogP contribution in [0, 0.1) is 0 Å². The van der Waals surface area contributed by atoms with Crippen molar-refractivity contribution in [2.24, 2.45) is 0 Å². The number of imidazole rings is 1. The number of nitrogens with one attached hydrogen (secondary N) is 1. The SMILES string of the molecule is COCc1ncc2cnnc(NCCN(C)C)n12. The molecular weight excluding hydrogens is 232 g/mol. The molecule has 0 unspecified atom stereocenters. The number of anilines is 1. The molecule has 0 amide bonds. The van der Waals surface area contributed by atoms with E-state index in [9.17, 15) is 0 Å². The molecule has 0 saturated heterocycles. The molecule has 0 spiro atoms. The number of hydrogen-bond acceptors (Lipinski definition) is 6. The van der Waals surface area contributed by atoms with E-state index >= 15 is 0 Å². The summed E-state index contributed by atoms with van der Waals surface area (Å²) >= 11 is 0. The number of nitrogens with zero attached hydrogens (tertiary/aromatic N) is 5. The molecule has 98 valence electrons. The Morgan fingerprint density at radius 1 is 1.39 bits per heavy atom. The topological polar surface area (TPSA) is 67.6 Å². The Labute approximate surface area is 106 Å². The molecule has 7 nitrogen and oxygen atoms in total. The summed E-state index contributed by atoms with van der Waals surface area (Å²) in [5.41, 5.74) is 0.907. The molecule has 0 fully saturated rings. The summed E-state index contributed by atoms with van der Waals surface area (Å²) in [5, 5.41) is 11.3. The van der Waals surface area contributed by atoms with Crippen LogP contribution in [0.25, 0.3) is 5.52 Å². The van der Waals surface area contributed by atoms with Crippen molar-refractivity contribution in [1.82, 2.24) is 24.5 Å². The predicted octanol–water partition coefficient (Wildman–Crippen LogP) is 0.244. The minimum atomic E-state index is 0.447. The second kappa shape index (κ2) is 5.74. The third-order valence-electron chi connectivity index (χ3n) is 2.53. The van der Waals surface area contributed by atoms with Crippen LogP contribution in [0.2, 0.25) is 0 Å². The molecule has 0 radical (unpaired) electrons. The second-order valence-corrected chi connectivity index (χ2v) is 4.27. The molecule has 7 heteroatoms. The highest BCUT2D eigenvalue weighted by Gasteiger charge is 2.09. The van der Waals surface area contributed by atoms with E-state index in [4.69, 9.17) is 4.74 Å². The summed E-state index contributed by atoms with van der Waals surface area (Å²) in [4.78, 5) is 6.40. The zero-order valence-electron chi connectivity index (χ0n) is 10.9. The maximum absolute atomic E-state index is 5.12. The van der Waals surface area contributed by atoms with Crippen LogP contribution in [0.1, 0.15) is 5.82 Å². The van der Waals surface area contributed by atoms with E-state index in [2.05, 4.69) is 25.4 Å². The van der Waals surface area contributed by atoms with Crippen molar-refractivity contribution in [2.45, 2.75) is 6.61 Å². The van der Waals surface area contributed by atoms with E-state index in [0.717, 1.165) is 24.4 Å². The van der Waals surface area contributed by atoms with E-state index in [-0.39, 0.29) is 0 Å². The number of methoxy groups -OCH3 is 1. The lowest BCUT2D eigenvalue weighted by Crippen LogP contribution is -2.22. The van der Waals surface area contributed by atoms with Crippen LogP contribution in [-0.2, 0) is 11.3 Å². The van der Waals surface area contributed by atoms with Gasteiger partial charge in [0.25, 0.3) is 0 Å². The van der Waals surface area contributed by atoms with Crippen LogP contribution in [0.4, 0.5) is 5.95 Å². The van der Waals surface area contributed by atoms with Crippen molar-refractivity contribution in [3.05, 3.63) is 18.2 Å². The first-order chi connectivity index (χ1) is 8.72. The molecule has 0 saturated carbocycles. The van der Waals surface area contributed by atoms with Gasteiger partial charge in [0.15, 0.2) is 0 Å². The summed E-state index contributed by atoms with van der Waals surface area (Å²) in [5.74, 6) is 1.51. The van der Waals surface area contributed by atoms with Gasteiger partial charge in [-0.1, -0.05) is 0 Å². The minimum Gasteiger partial charge on any atom is -0.377 e. The van der Waals surface area contributed by atoms with Gasteiger partial charge in [-0.2, -0.15) is 5.10 Å². The number of ether oxygens (including phenoxy) is 1. The van der Waals surface area contributed by atoms with Gasteiger partial charge < -0.3 is 15.0 Å². The summed E-state index contributed by atoms with van der Waals surface area (Å²) in [7, 11) is 5.71. The lowest BCUT2D eigenvalue weighted by Gasteiger charge is -2.12. The van der Waals surface area contributed by atoms with Crippen LogP contribution in [0.15, 0.2) is 12.4 Å². The monoisotopic (exact) mass is 250 g/mol. The van der Waals surface area contributed by atoms with E-state index in [1.165, 1.54) is 0 Å². The minimum absolute atomic E-state index is 0.447. The first-order valence-electron chi connectivity index (χ1n) is 5.78. The molecule has 2 aromatic heterocycles. The van der Waals surface area contributed by atoms with Gasteiger partial charge >= 0.3 is 0 Å². The summed E-state index contributed by atoms with van der Waals surface area (Å²) in [6.07, 6.45) is 3.45. The van der Waals surface area contributed by atoms with Crippen LogP contribution >= 0.6 is 0 Å². The Kier molecular flexibility index (Phi) is 4.06.